The summed E-state index contributed by atoms with van der Waals surface area (Å²) in [5.41, 5.74) is 0.865. The number of H-pyrrole nitrogens is 1. The van der Waals surface area contributed by atoms with Crippen LogP contribution in [0.5, 0.6) is 0 Å². The maximum absolute atomic E-state index is 13.0. The molecule has 1 aliphatic heterocycles. The molecule has 0 unspecified atom stereocenters. The Kier molecular flexibility index (Phi) is 6.66. The Balaban J connectivity index is 1.69. The molecule has 1 aliphatic rings. The second-order valence-corrected chi connectivity index (χ2v) is 9.66. The first-order chi connectivity index (χ1) is 15.8. The van der Waals surface area contributed by atoms with Gasteiger partial charge in [-0.3, -0.25) is 14.3 Å². The number of aromatic nitrogens is 2. The number of amides is 1. The van der Waals surface area contributed by atoms with Crippen molar-refractivity contribution in [2.24, 2.45) is 0 Å². The van der Waals surface area contributed by atoms with Crippen molar-refractivity contribution in [1.82, 2.24) is 10.2 Å². The minimum absolute atomic E-state index is 0.00152. The third-order valence-electron chi connectivity index (χ3n) is 5.25. The highest BCUT2D eigenvalue weighted by molar-refractivity contribution is 7.92. The van der Waals surface area contributed by atoms with Crippen LogP contribution in [0, 0.1) is 0 Å². The van der Waals surface area contributed by atoms with Crippen molar-refractivity contribution < 1.29 is 13.2 Å². The van der Waals surface area contributed by atoms with Crippen molar-refractivity contribution in [1.29, 1.82) is 0 Å². The number of nitrogens with one attached hydrogen (secondary N) is 3. The second-order valence-electron chi connectivity index (χ2n) is 7.57. The first-order valence-electron chi connectivity index (χ1n) is 10.4. The molecule has 33 heavy (non-hydrogen) atoms. The lowest BCUT2D eigenvalue weighted by Crippen LogP contribution is -2.30. The summed E-state index contributed by atoms with van der Waals surface area (Å²) >= 11 is 6.10. The minimum Gasteiger partial charge on any atom is -0.370 e. The molecule has 3 aromatic rings. The number of piperidine rings is 1. The number of carbonyl (C=O) groups excluding carboxylic acids is 1. The average molecular weight is 488 g/mol. The fourth-order valence-electron chi connectivity index (χ4n) is 3.60. The van der Waals surface area contributed by atoms with Gasteiger partial charge in [0.2, 0.25) is 0 Å². The van der Waals surface area contributed by atoms with Crippen LogP contribution in [0.2, 0.25) is 5.02 Å². The van der Waals surface area contributed by atoms with Crippen LogP contribution in [0.1, 0.15) is 29.8 Å². The standard InChI is InChI=1S/C22H22ClN5O4S/c23-16-6-2-3-7-17(16)27-33(31,32)15-8-10-20(28-12-4-1-5-13-28)19(14-15)24-22(30)18-9-11-21(29)26-25-18/h2-3,6-11,14,27H,1,4-5,12-13H2,(H,24,30)(H,26,29). The molecule has 172 valence electrons. The number of aromatic amines is 1. The largest absolute Gasteiger partial charge is 0.370 e. The molecule has 1 aromatic heterocycles. The Morgan fingerprint density at radius 2 is 1.76 bits per heavy atom. The van der Waals surface area contributed by atoms with Gasteiger partial charge in [-0.05, 0) is 55.7 Å². The van der Waals surface area contributed by atoms with Gasteiger partial charge in [0.05, 0.1) is 27.0 Å². The van der Waals surface area contributed by atoms with Crippen LogP contribution in [0.25, 0.3) is 0 Å². The monoisotopic (exact) mass is 487 g/mol. The van der Waals surface area contributed by atoms with Gasteiger partial charge in [-0.15, -0.1) is 0 Å². The number of sulfonamides is 1. The average Bonchev–Trinajstić information content (AvgIpc) is 2.81. The Labute approximate surface area is 195 Å². The van der Waals surface area contributed by atoms with Gasteiger partial charge >= 0.3 is 0 Å². The summed E-state index contributed by atoms with van der Waals surface area (Å²) < 4.78 is 28.6. The lowest BCUT2D eigenvalue weighted by molar-refractivity contribution is 0.102. The fraction of sp³-hybridized carbons (Fsp3) is 0.227. The van der Waals surface area contributed by atoms with E-state index in [1.54, 1.807) is 30.3 Å². The van der Waals surface area contributed by atoms with Crippen molar-refractivity contribution >= 4 is 44.6 Å². The first-order valence-corrected chi connectivity index (χ1v) is 12.2. The van der Waals surface area contributed by atoms with Gasteiger partial charge in [-0.2, -0.15) is 5.10 Å². The summed E-state index contributed by atoms with van der Waals surface area (Å²) in [5, 5.41) is 8.98. The molecule has 1 fully saturated rings. The Hall–Kier alpha value is -3.37. The van der Waals surface area contributed by atoms with Gasteiger partial charge in [-0.25, -0.2) is 13.5 Å². The van der Waals surface area contributed by atoms with E-state index >= 15 is 0 Å². The van der Waals surface area contributed by atoms with Gasteiger partial charge < -0.3 is 10.2 Å². The van der Waals surface area contributed by atoms with Crippen molar-refractivity contribution in [2.75, 3.05) is 28.0 Å². The molecule has 0 aliphatic carbocycles. The zero-order valence-electron chi connectivity index (χ0n) is 17.5. The number of hydrogen-bond acceptors (Lipinski definition) is 6. The fourth-order valence-corrected chi connectivity index (χ4v) is 4.94. The van der Waals surface area contributed by atoms with Crippen molar-refractivity contribution in [3.05, 3.63) is 75.7 Å². The molecule has 0 bridgehead atoms. The molecule has 0 spiro atoms. The number of halogens is 1. The molecular formula is C22H22ClN5O4S. The summed E-state index contributed by atoms with van der Waals surface area (Å²) in [4.78, 5) is 26.1. The summed E-state index contributed by atoms with van der Waals surface area (Å²) in [5.74, 6) is -0.571. The number of hydrogen-bond donors (Lipinski definition) is 3. The highest BCUT2D eigenvalue weighted by atomic mass is 35.5. The number of rotatable bonds is 6. The van der Waals surface area contributed by atoms with E-state index in [0.29, 0.717) is 11.4 Å². The lowest BCUT2D eigenvalue weighted by Gasteiger charge is -2.30. The highest BCUT2D eigenvalue weighted by Gasteiger charge is 2.22. The molecule has 3 N–H and O–H groups in total. The maximum Gasteiger partial charge on any atom is 0.276 e. The molecule has 0 radical (unpaired) electrons. The number of carbonyl (C=O) groups is 1. The summed E-state index contributed by atoms with van der Waals surface area (Å²) in [6.07, 6.45) is 3.12. The SMILES string of the molecule is O=C(Nc1cc(S(=O)(=O)Nc2ccccc2Cl)ccc1N1CCCCC1)c1ccc(=O)[nH]n1. The topological polar surface area (TPSA) is 124 Å². The van der Waals surface area contributed by atoms with Gasteiger partial charge in [0.15, 0.2) is 0 Å². The molecule has 0 atom stereocenters. The zero-order valence-corrected chi connectivity index (χ0v) is 19.1. The predicted octanol–water partition coefficient (Wildman–Crippen LogP) is 3.47. The number of anilines is 3. The molecule has 2 heterocycles. The molecule has 4 rings (SSSR count). The van der Waals surface area contributed by atoms with Gasteiger partial charge in [0.1, 0.15) is 5.69 Å². The Bertz CT molecular complexity index is 1320. The number of nitrogens with zero attached hydrogens (tertiary/aromatic N) is 2. The van der Waals surface area contributed by atoms with Crippen LogP contribution in [-0.4, -0.2) is 37.6 Å². The van der Waals surface area contributed by atoms with Crippen molar-refractivity contribution in [2.45, 2.75) is 24.2 Å². The van der Waals surface area contributed by atoms with E-state index in [1.165, 1.54) is 24.3 Å². The third-order valence-corrected chi connectivity index (χ3v) is 6.95. The van der Waals surface area contributed by atoms with Crippen molar-refractivity contribution in [3.8, 4) is 0 Å². The predicted molar refractivity (Wildman–Crippen MR) is 128 cm³/mol. The van der Waals surface area contributed by atoms with Crippen LogP contribution in [0.3, 0.4) is 0 Å². The van der Waals surface area contributed by atoms with Gasteiger partial charge in [0.25, 0.3) is 21.5 Å². The van der Waals surface area contributed by atoms with Crippen molar-refractivity contribution in [3.63, 3.8) is 0 Å². The van der Waals surface area contributed by atoms with E-state index in [1.807, 2.05) is 0 Å². The van der Waals surface area contributed by atoms with E-state index in [4.69, 9.17) is 11.6 Å². The molecule has 11 heteroatoms. The molecule has 1 saturated heterocycles. The summed E-state index contributed by atoms with van der Waals surface area (Å²) in [7, 11) is -3.98. The van der Waals surface area contributed by atoms with Crippen LogP contribution in [-0.2, 0) is 10.0 Å². The van der Waals surface area contributed by atoms with E-state index < -0.39 is 21.5 Å². The number of para-hydroxylation sites is 1. The van der Waals surface area contributed by atoms with E-state index in [9.17, 15) is 18.0 Å². The molecule has 1 amide bonds. The molecule has 0 saturated carbocycles. The smallest absolute Gasteiger partial charge is 0.276 e. The third kappa shape index (κ3) is 5.35. The second kappa shape index (κ2) is 9.63. The van der Waals surface area contributed by atoms with E-state index in [0.717, 1.165) is 32.4 Å². The van der Waals surface area contributed by atoms with Crippen LogP contribution in [0.4, 0.5) is 17.1 Å². The maximum atomic E-state index is 13.0. The Morgan fingerprint density at radius 3 is 2.45 bits per heavy atom. The van der Waals surface area contributed by atoms with Crippen LogP contribution in [0.15, 0.2) is 64.3 Å². The summed E-state index contributed by atoms with van der Waals surface area (Å²) in [6, 6.07) is 13.6. The van der Waals surface area contributed by atoms with Crippen LogP contribution < -0.4 is 20.5 Å². The van der Waals surface area contributed by atoms with E-state index in [2.05, 4.69) is 25.1 Å². The molecule has 2 aromatic carbocycles. The lowest BCUT2D eigenvalue weighted by atomic mass is 10.1. The normalized spacial score (nSPS) is 14.0. The Morgan fingerprint density at radius 1 is 1.00 bits per heavy atom. The molecule has 9 nitrogen and oxygen atoms in total. The zero-order chi connectivity index (χ0) is 23.4. The highest BCUT2D eigenvalue weighted by Crippen LogP contribution is 2.32. The molecular weight excluding hydrogens is 466 g/mol. The van der Waals surface area contributed by atoms with Crippen LogP contribution >= 0.6 is 11.6 Å². The summed E-state index contributed by atoms with van der Waals surface area (Å²) in [6.45, 7) is 1.59. The van der Waals surface area contributed by atoms with Gasteiger partial charge in [0, 0.05) is 19.2 Å². The quantitative estimate of drug-likeness (QED) is 0.489. The number of benzene rings is 2. The van der Waals surface area contributed by atoms with Gasteiger partial charge in [-0.1, -0.05) is 23.7 Å². The minimum atomic E-state index is -3.98. The first kappa shape index (κ1) is 22.8. The van der Waals surface area contributed by atoms with E-state index in [-0.39, 0.29) is 21.3 Å².